The van der Waals surface area contributed by atoms with Crippen molar-refractivity contribution in [2.45, 2.75) is 19.4 Å². The first-order valence-electron chi connectivity index (χ1n) is 5.54. The van der Waals surface area contributed by atoms with Gasteiger partial charge in [0.05, 0.1) is 6.10 Å². The molecule has 19 heavy (non-hydrogen) atoms. The number of hydrogen-bond acceptors (Lipinski definition) is 5. The number of rotatable bonds is 4. The first-order valence-corrected chi connectivity index (χ1v) is 5.54. The number of benzene rings is 1. The summed E-state index contributed by atoms with van der Waals surface area (Å²) in [6, 6.07) is 4.47. The third-order valence-electron chi connectivity index (χ3n) is 2.57. The van der Waals surface area contributed by atoms with Crippen molar-refractivity contribution in [3.8, 4) is 5.75 Å². The number of aromatic nitrogens is 3. The molecule has 1 aromatic heterocycles. The smallest absolute Gasteiger partial charge is 0.356 e. The quantitative estimate of drug-likeness (QED) is 0.645. The molecule has 2 aromatic rings. The molecular weight excluding hydrogens is 465 g/mol. The molecule has 0 aliphatic rings. The summed E-state index contributed by atoms with van der Waals surface area (Å²) in [7, 11) is 0. The fourth-order valence-electron chi connectivity index (χ4n) is 1.46. The topological polar surface area (TPSA) is 93.3 Å². The summed E-state index contributed by atoms with van der Waals surface area (Å²) in [6.45, 7) is 1.97. The molecule has 1 heterocycles. The summed E-state index contributed by atoms with van der Waals surface area (Å²) < 4.78 is 5.83. The van der Waals surface area contributed by atoms with E-state index in [4.69, 9.17) is 4.74 Å². The van der Waals surface area contributed by atoms with E-state index in [0.717, 1.165) is 6.33 Å². The largest absolute Gasteiger partial charge is 0.772 e. The zero-order valence-corrected chi connectivity index (χ0v) is 15.1. The van der Waals surface area contributed by atoms with Gasteiger partial charge in [0.15, 0.2) is 0 Å². The van der Waals surface area contributed by atoms with E-state index in [9.17, 15) is 15.2 Å². The molecule has 0 spiro atoms. The predicted molar refractivity (Wildman–Crippen MR) is 63.7 cm³/mol. The van der Waals surface area contributed by atoms with Crippen LogP contribution < -0.4 is 9.16 Å². The Bertz CT molecular complexity index is 616. The van der Waals surface area contributed by atoms with Crippen LogP contribution in [-0.2, 0) is 0 Å². The van der Waals surface area contributed by atoms with E-state index in [0.29, 0.717) is 21.4 Å². The van der Waals surface area contributed by atoms with Crippen molar-refractivity contribution in [2.75, 3.05) is 6.61 Å². The average Bonchev–Trinajstić information content (AvgIpc) is 2.40. The molecular formula is C11H13AcN3O4. The van der Waals surface area contributed by atoms with Crippen LogP contribution in [0.5, 0.6) is 5.75 Å². The summed E-state index contributed by atoms with van der Waals surface area (Å²) in [5.74, 6) is 0.410. The normalized spacial score (nSPS) is 11.9. The molecule has 0 saturated heterocycles. The Labute approximate surface area is 144 Å². The molecule has 1 atom stereocenters. The monoisotopic (exact) mass is 478 g/mol. The fraction of sp³-hybridized carbons (Fsp3) is 0.364. The third-order valence-corrected chi connectivity index (χ3v) is 2.57. The van der Waals surface area contributed by atoms with Crippen LogP contribution in [0.4, 0.5) is 0 Å². The van der Waals surface area contributed by atoms with Crippen molar-refractivity contribution in [1.82, 2.24) is 9.94 Å². The molecule has 0 aliphatic heterocycles. The van der Waals surface area contributed by atoms with Gasteiger partial charge in [-0.1, -0.05) is 11.8 Å². The zero-order valence-electron chi connectivity index (χ0n) is 10.4. The van der Waals surface area contributed by atoms with Crippen LogP contribution in [0.1, 0.15) is 13.3 Å². The van der Waals surface area contributed by atoms with Gasteiger partial charge in [-0.05, 0) is 18.6 Å². The maximum atomic E-state index is 11.4. The first kappa shape index (κ1) is 16.3. The van der Waals surface area contributed by atoms with Gasteiger partial charge in [-0.2, -0.15) is 4.85 Å². The third kappa shape index (κ3) is 3.88. The first-order chi connectivity index (χ1) is 8.61. The standard InChI is InChI=1S/C11H13N3O4.Ac/c1-2-8(15)6-18-9-3-4-10-11(5-9)14(17)12-7-13(10)16;/h3-5,7-8,15H,2,6H2,1H3;. The number of aliphatic hydroxyl groups excluding tert-OH is 1. The summed E-state index contributed by atoms with van der Waals surface area (Å²) in [5.41, 5.74) is 0.333. The molecule has 1 unspecified atom stereocenters. The predicted octanol–water partition coefficient (Wildman–Crippen LogP) is 0.446. The van der Waals surface area contributed by atoms with Gasteiger partial charge in [-0.25, -0.2) is 0 Å². The van der Waals surface area contributed by atoms with E-state index in [1.807, 2.05) is 6.92 Å². The van der Waals surface area contributed by atoms with Crippen LogP contribution in [-0.4, -0.2) is 27.8 Å². The second-order valence-corrected chi connectivity index (χ2v) is 3.85. The van der Waals surface area contributed by atoms with E-state index < -0.39 is 6.10 Å². The van der Waals surface area contributed by atoms with Gasteiger partial charge in [-0.15, -0.1) is 0 Å². The molecule has 0 aliphatic carbocycles. The van der Waals surface area contributed by atoms with Crippen LogP contribution >= 0.6 is 0 Å². The van der Waals surface area contributed by atoms with Gasteiger partial charge in [0, 0.05) is 59.7 Å². The minimum Gasteiger partial charge on any atom is -0.772 e. The van der Waals surface area contributed by atoms with E-state index in [1.54, 1.807) is 6.07 Å². The van der Waals surface area contributed by atoms with Crippen LogP contribution in [0.15, 0.2) is 24.5 Å². The van der Waals surface area contributed by atoms with Gasteiger partial charge < -0.3 is 15.1 Å². The van der Waals surface area contributed by atoms with E-state index in [2.05, 4.69) is 5.10 Å². The van der Waals surface area contributed by atoms with E-state index in [-0.39, 0.29) is 61.7 Å². The van der Waals surface area contributed by atoms with Crippen LogP contribution in [0.3, 0.4) is 0 Å². The van der Waals surface area contributed by atoms with Gasteiger partial charge in [-0.3, -0.25) is 0 Å². The van der Waals surface area contributed by atoms with Gasteiger partial charge in [0.25, 0.3) is 0 Å². The molecule has 7 nitrogen and oxygen atoms in total. The maximum absolute atomic E-state index is 11.4. The second-order valence-electron chi connectivity index (χ2n) is 3.85. The molecule has 0 fully saturated rings. The number of fused-ring (bicyclic) bond motifs is 1. The molecule has 1 N–H and O–H groups in total. The van der Waals surface area contributed by atoms with Crippen molar-refractivity contribution >= 4 is 11.0 Å². The molecule has 99 valence electrons. The van der Waals surface area contributed by atoms with Crippen LogP contribution in [0, 0.1) is 54.2 Å². The summed E-state index contributed by atoms with van der Waals surface area (Å²) in [5, 5.41) is 24.2. The summed E-state index contributed by atoms with van der Waals surface area (Å²) >= 11 is 0. The maximum Gasteiger partial charge on any atom is 0.356 e. The van der Waals surface area contributed by atoms with Crippen molar-refractivity contribution in [2.24, 2.45) is 0 Å². The van der Waals surface area contributed by atoms with Gasteiger partial charge in [0.2, 0.25) is 5.52 Å². The van der Waals surface area contributed by atoms with E-state index >= 15 is 0 Å². The molecule has 8 heteroatoms. The minimum atomic E-state index is -0.557. The summed E-state index contributed by atoms with van der Waals surface area (Å²) in [4.78, 5) is 11.7. The Morgan fingerprint density at radius 2 is 2.32 bits per heavy atom. The Balaban J connectivity index is 0.00000180. The summed E-state index contributed by atoms with van der Waals surface area (Å²) in [6.07, 6.45) is 0.923. The molecule has 0 amide bonds. The zero-order chi connectivity index (χ0) is 13.1. The Morgan fingerprint density at radius 3 is 3.00 bits per heavy atom. The number of ether oxygens (including phenoxy) is 1. The fourth-order valence-corrected chi connectivity index (χ4v) is 1.46. The second kappa shape index (κ2) is 7.17. The number of nitrogens with zero attached hydrogens (tertiary/aromatic N) is 3. The van der Waals surface area contributed by atoms with Crippen molar-refractivity contribution in [3.05, 3.63) is 34.6 Å². The molecule has 0 bridgehead atoms. The molecule has 1 aromatic carbocycles. The van der Waals surface area contributed by atoms with Crippen molar-refractivity contribution in [3.63, 3.8) is 0 Å². The van der Waals surface area contributed by atoms with Crippen LogP contribution in [0.2, 0.25) is 0 Å². The van der Waals surface area contributed by atoms with E-state index in [1.165, 1.54) is 12.1 Å². The minimum absolute atomic E-state index is 0. The molecule has 0 saturated carbocycles. The number of hydrogen-bond donors (Lipinski definition) is 1. The number of aliphatic hydroxyl groups is 1. The Hall–Kier alpha value is -0.708. The molecule has 1 radical (unpaired) electrons. The average molecular weight is 478 g/mol. The SMILES string of the molecule is CCC(O)COc1ccc2c(c1)n([O-])nc[n+]2=O.[Ac]. The van der Waals surface area contributed by atoms with Crippen LogP contribution in [0.25, 0.3) is 11.0 Å². The van der Waals surface area contributed by atoms with Gasteiger partial charge in [0.1, 0.15) is 17.9 Å². The van der Waals surface area contributed by atoms with Gasteiger partial charge >= 0.3 is 6.33 Å². The Kier molecular flexibility index (Phi) is 6.17. The molecule has 2 rings (SSSR count). The van der Waals surface area contributed by atoms with Crippen molar-refractivity contribution < 1.29 is 58.3 Å². The van der Waals surface area contributed by atoms with Crippen molar-refractivity contribution in [1.29, 1.82) is 0 Å². The Morgan fingerprint density at radius 1 is 1.58 bits per heavy atom.